The van der Waals surface area contributed by atoms with Gasteiger partial charge in [-0.25, -0.2) is 0 Å². The van der Waals surface area contributed by atoms with Crippen LogP contribution < -0.4 is 0 Å². The summed E-state index contributed by atoms with van der Waals surface area (Å²) in [5, 5.41) is 19.8. The number of aromatic amines is 1. The van der Waals surface area contributed by atoms with E-state index in [9.17, 15) is 14.4 Å². The number of aliphatic carboxylic acids is 1. The molecule has 0 aliphatic carbocycles. The predicted octanol–water partition coefficient (Wildman–Crippen LogP) is 5.06. The van der Waals surface area contributed by atoms with Crippen LogP contribution in [-0.2, 0) is 16.1 Å². The first-order valence-corrected chi connectivity index (χ1v) is 13.5. The normalized spacial score (nSPS) is 17.2. The molecule has 1 atom stereocenters. The number of carbonyl (C=O) groups excluding carboxylic acids is 2. The van der Waals surface area contributed by atoms with Crippen molar-refractivity contribution >= 4 is 50.1 Å². The molecule has 1 aliphatic rings. The smallest absolute Gasteiger partial charge is 0.303 e. The Labute approximate surface area is 218 Å². The molecule has 4 aromatic rings. The van der Waals surface area contributed by atoms with Crippen LogP contribution in [0, 0.1) is 0 Å². The first-order valence-electron chi connectivity index (χ1n) is 12.6. The van der Waals surface area contributed by atoms with Crippen molar-refractivity contribution in [3.8, 4) is 0 Å². The zero-order chi connectivity index (χ0) is 26.0. The van der Waals surface area contributed by atoms with Crippen LogP contribution in [0.3, 0.4) is 0 Å². The van der Waals surface area contributed by atoms with Gasteiger partial charge in [0.1, 0.15) is 5.54 Å². The minimum absolute atomic E-state index is 0.0745. The van der Waals surface area contributed by atoms with Crippen molar-refractivity contribution in [2.45, 2.75) is 51.1 Å². The average molecular weight is 519 g/mol. The van der Waals surface area contributed by atoms with Gasteiger partial charge in [-0.3, -0.25) is 19.5 Å². The second-order valence-corrected chi connectivity index (χ2v) is 10.8. The summed E-state index contributed by atoms with van der Waals surface area (Å²) in [5.41, 5.74) is 1.60. The summed E-state index contributed by atoms with van der Waals surface area (Å²) in [6, 6.07) is 13.8. The molecule has 5 rings (SSSR count). The second kappa shape index (κ2) is 10.3. The van der Waals surface area contributed by atoms with Crippen molar-refractivity contribution in [2.24, 2.45) is 0 Å². The van der Waals surface area contributed by atoms with Gasteiger partial charge in [-0.15, -0.1) is 11.3 Å². The van der Waals surface area contributed by atoms with Gasteiger partial charge in [0.15, 0.2) is 0 Å². The number of rotatable bonds is 10. The van der Waals surface area contributed by atoms with Crippen molar-refractivity contribution in [2.75, 3.05) is 13.1 Å². The van der Waals surface area contributed by atoms with Crippen LogP contribution in [0.1, 0.15) is 54.9 Å². The third kappa shape index (κ3) is 4.96. The highest BCUT2D eigenvalue weighted by Gasteiger charge is 2.51. The van der Waals surface area contributed by atoms with Gasteiger partial charge >= 0.3 is 5.97 Å². The van der Waals surface area contributed by atoms with E-state index in [1.165, 1.54) is 11.3 Å². The number of H-pyrrole nitrogens is 1. The monoisotopic (exact) mass is 518 g/mol. The van der Waals surface area contributed by atoms with Gasteiger partial charge in [0, 0.05) is 46.9 Å². The summed E-state index contributed by atoms with van der Waals surface area (Å²) < 4.78 is 1.05. The highest BCUT2D eigenvalue weighted by atomic mass is 32.1. The highest BCUT2D eigenvalue weighted by molar-refractivity contribution is 7.17. The number of likely N-dealkylation sites (tertiary alicyclic amines) is 1. The molecule has 37 heavy (non-hydrogen) atoms. The molecule has 8 nitrogen and oxygen atoms in total. The van der Waals surface area contributed by atoms with Crippen LogP contribution in [0.4, 0.5) is 0 Å². The van der Waals surface area contributed by atoms with E-state index in [0.29, 0.717) is 44.5 Å². The van der Waals surface area contributed by atoms with E-state index in [2.05, 4.69) is 10.2 Å². The van der Waals surface area contributed by atoms with E-state index in [-0.39, 0.29) is 18.2 Å². The fourth-order valence-electron chi connectivity index (χ4n) is 5.05. The number of thiophene rings is 1. The quantitative estimate of drug-likeness (QED) is 0.286. The molecular weight excluding hydrogens is 488 g/mol. The van der Waals surface area contributed by atoms with Gasteiger partial charge in [-0.1, -0.05) is 36.8 Å². The van der Waals surface area contributed by atoms with E-state index in [4.69, 9.17) is 5.11 Å². The summed E-state index contributed by atoms with van der Waals surface area (Å²) in [6.45, 7) is 3.31. The van der Waals surface area contributed by atoms with Gasteiger partial charge in [0.05, 0.1) is 17.3 Å². The third-order valence-corrected chi connectivity index (χ3v) is 8.28. The van der Waals surface area contributed by atoms with Crippen LogP contribution in [0.25, 0.3) is 21.0 Å². The lowest BCUT2D eigenvalue weighted by Gasteiger charge is -2.51. The van der Waals surface area contributed by atoms with Gasteiger partial charge in [-0.05, 0) is 43.9 Å². The molecule has 1 fully saturated rings. The van der Waals surface area contributed by atoms with E-state index in [0.717, 1.165) is 33.0 Å². The van der Waals surface area contributed by atoms with Gasteiger partial charge in [0.2, 0.25) is 5.91 Å². The number of nitrogens with zero attached hydrogens (tertiary/aromatic N) is 3. The Morgan fingerprint density at radius 3 is 2.78 bits per heavy atom. The molecule has 3 heterocycles. The number of carboxylic acid groups (broad SMARTS) is 1. The minimum Gasteiger partial charge on any atom is -0.481 e. The summed E-state index contributed by atoms with van der Waals surface area (Å²) in [6.07, 6.45) is 4.48. The molecule has 0 bridgehead atoms. The molecule has 0 spiro atoms. The number of aromatic nitrogens is 2. The Morgan fingerprint density at radius 1 is 1.16 bits per heavy atom. The van der Waals surface area contributed by atoms with Gasteiger partial charge in [0.25, 0.3) is 5.91 Å². The molecule has 192 valence electrons. The van der Waals surface area contributed by atoms with E-state index in [1.807, 2.05) is 59.7 Å². The number of amides is 2. The number of fused-ring (bicyclic) bond motifs is 2. The van der Waals surface area contributed by atoms with E-state index in [1.54, 1.807) is 11.1 Å². The summed E-state index contributed by atoms with van der Waals surface area (Å²) in [7, 11) is 0. The first kappa shape index (κ1) is 25.0. The Hall–Kier alpha value is -3.72. The van der Waals surface area contributed by atoms with Crippen LogP contribution in [0.5, 0.6) is 0 Å². The van der Waals surface area contributed by atoms with Crippen LogP contribution in [0.15, 0.2) is 54.0 Å². The van der Waals surface area contributed by atoms with Crippen LogP contribution >= 0.6 is 11.3 Å². The molecule has 2 amide bonds. The lowest BCUT2D eigenvalue weighted by Crippen LogP contribution is -2.67. The maximum atomic E-state index is 14.0. The number of hydrogen-bond acceptors (Lipinski definition) is 5. The molecule has 1 unspecified atom stereocenters. The maximum Gasteiger partial charge on any atom is 0.303 e. The molecule has 2 N–H and O–H groups in total. The number of benzene rings is 2. The Kier molecular flexibility index (Phi) is 6.97. The third-order valence-electron chi connectivity index (χ3n) is 7.32. The number of carboxylic acids is 1. The summed E-state index contributed by atoms with van der Waals surface area (Å²) >= 11 is 1.54. The van der Waals surface area contributed by atoms with Crippen molar-refractivity contribution in [1.29, 1.82) is 0 Å². The number of nitrogens with one attached hydrogen (secondary N) is 1. The van der Waals surface area contributed by atoms with E-state index < -0.39 is 11.5 Å². The Balaban J connectivity index is 1.35. The maximum absolute atomic E-state index is 14.0. The SMILES string of the molecule is CC1(C(=O)N(CCCCCC(=O)O)Cc2ccc3cn[nH]c3c2)CCN1C(=O)c1csc2ccccc12. The second-order valence-electron chi connectivity index (χ2n) is 9.85. The number of unbranched alkanes of at least 4 members (excludes halogenated alkanes) is 2. The van der Waals surface area contributed by atoms with Crippen molar-refractivity contribution in [3.05, 3.63) is 65.2 Å². The zero-order valence-electron chi connectivity index (χ0n) is 20.8. The summed E-state index contributed by atoms with van der Waals surface area (Å²) in [4.78, 5) is 42.0. The zero-order valence-corrected chi connectivity index (χ0v) is 21.6. The molecule has 0 radical (unpaired) electrons. The molecular formula is C28H30N4O4S. The average Bonchev–Trinajstić information content (AvgIpc) is 3.52. The topological polar surface area (TPSA) is 107 Å². The van der Waals surface area contributed by atoms with Crippen molar-refractivity contribution in [3.63, 3.8) is 0 Å². The first-order chi connectivity index (χ1) is 17.9. The Bertz CT molecular complexity index is 1460. The largest absolute Gasteiger partial charge is 0.481 e. The Morgan fingerprint density at radius 2 is 2.00 bits per heavy atom. The fourth-order valence-corrected chi connectivity index (χ4v) is 5.98. The van der Waals surface area contributed by atoms with E-state index >= 15 is 0 Å². The lowest BCUT2D eigenvalue weighted by atomic mass is 9.84. The van der Waals surface area contributed by atoms with Crippen LogP contribution in [-0.4, -0.2) is 61.5 Å². The summed E-state index contributed by atoms with van der Waals surface area (Å²) in [5.74, 6) is -0.993. The molecule has 2 aromatic carbocycles. The highest BCUT2D eigenvalue weighted by Crippen LogP contribution is 2.37. The molecule has 0 saturated carbocycles. The molecule has 2 aromatic heterocycles. The minimum atomic E-state index is -0.917. The van der Waals surface area contributed by atoms with Crippen molar-refractivity contribution < 1.29 is 19.5 Å². The standard InChI is InChI=1S/C28H30N4O4S/c1-28(12-14-32(28)26(35)22-18-37-24-8-5-4-7-21(22)24)27(36)31(13-6-2-3-9-25(33)34)17-19-10-11-20-16-29-30-23(20)15-19/h4-5,7-8,10-11,15-16,18H,2-3,6,9,12-14,17H2,1H3,(H,29,30)(H,33,34). The lowest BCUT2D eigenvalue weighted by molar-refractivity contribution is -0.149. The van der Waals surface area contributed by atoms with Gasteiger partial charge in [-0.2, -0.15) is 5.10 Å². The fraction of sp³-hybridized carbons (Fsp3) is 0.357. The molecule has 1 aliphatic heterocycles. The number of hydrogen-bond donors (Lipinski definition) is 2. The molecule has 9 heteroatoms. The van der Waals surface area contributed by atoms with Crippen LogP contribution in [0.2, 0.25) is 0 Å². The molecule has 1 saturated heterocycles. The van der Waals surface area contributed by atoms with Crippen molar-refractivity contribution in [1.82, 2.24) is 20.0 Å². The number of carbonyl (C=O) groups is 3. The van der Waals surface area contributed by atoms with Gasteiger partial charge < -0.3 is 14.9 Å². The predicted molar refractivity (Wildman–Crippen MR) is 143 cm³/mol.